The first-order chi connectivity index (χ1) is 15.8. The number of urea groups is 1. The van der Waals surface area contributed by atoms with Crippen LogP contribution >= 0.6 is 11.3 Å². The molecule has 0 bridgehead atoms. The summed E-state index contributed by atoms with van der Waals surface area (Å²) < 4.78 is 27.5. The number of fused-ring (bicyclic) bond motifs is 1. The van der Waals surface area contributed by atoms with Crippen LogP contribution in [0.3, 0.4) is 0 Å². The predicted molar refractivity (Wildman–Crippen MR) is 127 cm³/mol. The highest BCUT2D eigenvalue weighted by atomic mass is 32.2. The number of amides is 3. The molecule has 1 atom stereocenters. The Morgan fingerprint density at radius 2 is 1.79 bits per heavy atom. The van der Waals surface area contributed by atoms with Crippen molar-refractivity contribution in [3.05, 3.63) is 87.6 Å². The van der Waals surface area contributed by atoms with Crippen LogP contribution in [0.1, 0.15) is 21.6 Å². The van der Waals surface area contributed by atoms with E-state index in [2.05, 4.69) is 10.0 Å². The number of aryl methyl sites for hydroxylation is 1. The average Bonchev–Trinajstić information content (AvgIpc) is 3.26. The number of rotatable bonds is 6. The van der Waals surface area contributed by atoms with E-state index >= 15 is 0 Å². The molecule has 172 valence electrons. The second-order valence-electron chi connectivity index (χ2n) is 7.97. The molecule has 0 aliphatic carbocycles. The lowest BCUT2D eigenvalue weighted by Crippen LogP contribution is -2.53. The number of nitrogens with one attached hydrogen (secondary N) is 2. The minimum atomic E-state index is -4.08. The molecule has 3 amide bonds. The largest absolute Gasteiger partial charge is 0.336 e. The van der Waals surface area contributed by atoms with E-state index < -0.39 is 22.1 Å². The van der Waals surface area contributed by atoms with Crippen molar-refractivity contribution in [2.24, 2.45) is 0 Å². The second kappa shape index (κ2) is 9.76. The normalized spacial score (nSPS) is 14.3. The molecule has 0 fully saturated rings. The zero-order chi connectivity index (χ0) is 23.4. The summed E-state index contributed by atoms with van der Waals surface area (Å²) in [5.74, 6) is -0.237. The monoisotopic (exact) mass is 483 g/mol. The van der Waals surface area contributed by atoms with Crippen molar-refractivity contribution < 1.29 is 18.0 Å². The SMILES string of the molecule is Cc1ccccc1S(=O)(=O)NC(=O)NC(Cc1ccccc1)C(=O)N1CCc2sccc2C1. The number of carbonyl (C=O) groups is 2. The van der Waals surface area contributed by atoms with Crippen LogP contribution < -0.4 is 10.0 Å². The maximum absolute atomic E-state index is 13.4. The smallest absolute Gasteiger partial charge is 0.329 e. The Balaban J connectivity index is 1.51. The molecule has 4 rings (SSSR count). The van der Waals surface area contributed by atoms with Crippen LogP contribution in [0.25, 0.3) is 0 Å². The van der Waals surface area contributed by atoms with Crippen LogP contribution in [0.5, 0.6) is 0 Å². The van der Waals surface area contributed by atoms with Crippen LogP contribution in [0, 0.1) is 6.92 Å². The molecule has 3 aromatic rings. The third-order valence-electron chi connectivity index (χ3n) is 5.62. The van der Waals surface area contributed by atoms with Gasteiger partial charge in [-0.2, -0.15) is 0 Å². The van der Waals surface area contributed by atoms with Crippen LogP contribution in [-0.4, -0.2) is 37.8 Å². The highest BCUT2D eigenvalue weighted by molar-refractivity contribution is 7.90. The van der Waals surface area contributed by atoms with E-state index in [-0.39, 0.29) is 17.2 Å². The number of thiophene rings is 1. The lowest BCUT2D eigenvalue weighted by molar-refractivity contribution is -0.134. The lowest BCUT2D eigenvalue weighted by Gasteiger charge is -2.31. The maximum Gasteiger partial charge on any atom is 0.329 e. The van der Waals surface area contributed by atoms with Gasteiger partial charge < -0.3 is 10.2 Å². The molecular weight excluding hydrogens is 458 g/mol. The summed E-state index contributed by atoms with van der Waals surface area (Å²) in [4.78, 5) is 29.1. The van der Waals surface area contributed by atoms with E-state index in [1.807, 2.05) is 41.8 Å². The second-order valence-corrected chi connectivity index (χ2v) is 10.6. The highest BCUT2D eigenvalue weighted by Gasteiger charge is 2.30. The van der Waals surface area contributed by atoms with E-state index in [0.29, 0.717) is 18.7 Å². The fourth-order valence-electron chi connectivity index (χ4n) is 3.93. The molecule has 0 saturated heterocycles. The Morgan fingerprint density at radius 1 is 1.06 bits per heavy atom. The van der Waals surface area contributed by atoms with Gasteiger partial charge in [0.1, 0.15) is 6.04 Å². The van der Waals surface area contributed by atoms with Gasteiger partial charge in [0.05, 0.1) is 4.90 Å². The number of sulfonamides is 1. The molecule has 2 aromatic carbocycles. The molecule has 33 heavy (non-hydrogen) atoms. The van der Waals surface area contributed by atoms with Gasteiger partial charge in [0, 0.05) is 24.4 Å². The number of carbonyl (C=O) groups excluding carboxylic acids is 2. The summed E-state index contributed by atoms with van der Waals surface area (Å²) in [5, 5.41) is 4.62. The minimum Gasteiger partial charge on any atom is -0.336 e. The van der Waals surface area contributed by atoms with Crippen molar-refractivity contribution in [3.8, 4) is 0 Å². The number of benzene rings is 2. The Morgan fingerprint density at radius 3 is 2.55 bits per heavy atom. The first-order valence-electron chi connectivity index (χ1n) is 10.6. The molecule has 0 saturated carbocycles. The summed E-state index contributed by atoms with van der Waals surface area (Å²) in [6, 6.07) is 15.9. The van der Waals surface area contributed by atoms with Gasteiger partial charge in [-0.3, -0.25) is 4.79 Å². The molecule has 1 aromatic heterocycles. The summed E-state index contributed by atoms with van der Waals surface area (Å²) in [6.07, 6.45) is 1.02. The Kier molecular flexibility index (Phi) is 6.80. The molecule has 7 nitrogen and oxygen atoms in total. The van der Waals surface area contributed by atoms with Gasteiger partial charge in [0.25, 0.3) is 10.0 Å². The van der Waals surface area contributed by atoms with E-state index in [9.17, 15) is 18.0 Å². The number of hydrogen-bond donors (Lipinski definition) is 2. The van der Waals surface area contributed by atoms with Crippen LogP contribution in [0.4, 0.5) is 4.79 Å². The van der Waals surface area contributed by atoms with E-state index in [4.69, 9.17) is 0 Å². The minimum absolute atomic E-state index is 0.0205. The van der Waals surface area contributed by atoms with Gasteiger partial charge in [0.15, 0.2) is 0 Å². The van der Waals surface area contributed by atoms with E-state index in [1.165, 1.54) is 10.9 Å². The summed E-state index contributed by atoms with van der Waals surface area (Å²) in [6.45, 7) is 2.69. The van der Waals surface area contributed by atoms with E-state index in [1.54, 1.807) is 41.4 Å². The van der Waals surface area contributed by atoms with Crippen LogP contribution in [-0.2, 0) is 34.2 Å². The third-order valence-corrected chi connectivity index (χ3v) is 8.13. The van der Waals surface area contributed by atoms with Gasteiger partial charge >= 0.3 is 6.03 Å². The maximum atomic E-state index is 13.4. The van der Waals surface area contributed by atoms with Gasteiger partial charge in [-0.1, -0.05) is 48.5 Å². The predicted octanol–water partition coefficient (Wildman–Crippen LogP) is 3.24. The standard InChI is InChI=1S/C24H25N3O4S2/c1-17-7-5-6-10-22(17)33(30,31)26-24(29)25-20(15-18-8-3-2-4-9-18)23(28)27-13-11-21-19(16-27)12-14-32-21/h2-10,12,14,20H,11,13,15-16H2,1H3,(H2,25,26,29). The fraction of sp³-hybridized carbons (Fsp3) is 0.250. The van der Waals surface area contributed by atoms with Crippen LogP contribution in [0.2, 0.25) is 0 Å². The zero-order valence-electron chi connectivity index (χ0n) is 18.2. The Hall–Kier alpha value is -3.17. The van der Waals surface area contributed by atoms with Crippen molar-refractivity contribution in [1.29, 1.82) is 0 Å². The highest BCUT2D eigenvalue weighted by Crippen LogP contribution is 2.24. The topological polar surface area (TPSA) is 95.6 Å². The summed E-state index contributed by atoms with van der Waals surface area (Å²) >= 11 is 1.68. The molecule has 1 aliphatic rings. The summed E-state index contributed by atoms with van der Waals surface area (Å²) in [7, 11) is -4.08. The average molecular weight is 484 g/mol. The summed E-state index contributed by atoms with van der Waals surface area (Å²) in [5.41, 5.74) is 2.50. The molecule has 9 heteroatoms. The molecule has 1 unspecified atom stereocenters. The Labute approximate surface area is 197 Å². The molecule has 1 aliphatic heterocycles. The third kappa shape index (κ3) is 5.43. The van der Waals surface area contributed by atoms with Crippen molar-refractivity contribution >= 4 is 33.3 Å². The molecule has 0 spiro atoms. The van der Waals surface area contributed by atoms with Gasteiger partial charge in [-0.05, 0) is 47.5 Å². The molecular formula is C24H25N3O4S2. The lowest BCUT2D eigenvalue weighted by atomic mass is 10.0. The van der Waals surface area contributed by atoms with Crippen molar-refractivity contribution in [2.75, 3.05) is 6.54 Å². The van der Waals surface area contributed by atoms with Crippen molar-refractivity contribution in [3.63, 3.8) is 0 Å². The fourth-order valence-corrected chi connectivity index (χ4v) is 5.98. The van der Waals surface area contributed by atoms with Gasteiger partial charge in [0.2, 0.25) is 5.91 Å². The van der Waals surface area contributed by atoms with Crippen LogP contribution in [0.15, 0.2) is 70.9 Å². The number of hydrogen-bond acceptors (Lipinski definition) is 5. The van der Waals surface area contributed by atoms with Crippen molar-refractivity contribution in [1.82, 2.24) is 14.9 Å². The Bertz CT molecular complexity index is 1260. The van der Waals surface area contributed by atoms with Crippen molar-refractivity contribution in [2.45, 2.75) is 37.2 Å². The van der Waals surface area contributed by atoms with E-state index in [0.717, 1.165) is 17.5 Å². The zero-order valence-corrected chi connectivity index (χ0v) is 19.8. The first kappa shape index (κ1) is 23.0. The molecule has 2 heterocycles. The molecule has 0 radical (unpaired) electrons. The van der Waals surface area contributed by atoms with Gasteiger partial charge in [-0.25, -0.2) is 17.9 Å². The quantitative estimate of drug-likeness (QED) is 0.563. The van der Waals surface area contributed by atoms with Gasteiger partial charge in [-0.15, -0.1) is 11.3 Å². The number of nitrogens with zero attached hydrogens (tertiary/aromatic N) is 1. The molecule has 2 N–H and O–H groups in total. The first-order valence-corrected chi connectivity index (χ1v) is 13.0.